The summed E-state index contributed by atoms with van der Waals surface area (Å²) < 4.78 is 43.3. The SMILES string of the molecule is CCCCc1ccc2cc(-c3cc(F)c(-c4ccc(Cl)c(F)c4)c(F)c3)ccc2c1. The molecule has 0 aliphatic rings. The lowest BCUT2D eigenvalue weighted by molar-refractivity contribution is 0.589. The average molecular weight is 425 g/mol. The normalized spacial score (nSPS) is 11.2. The minimum Gasteiger partial charge on any atom is -0.206 e. The Morgan fingerprint density at radius 3 is 2.00 bits per heavy atom. The molecule has 0 unspecified atom stereocenters. The van der Waals surface area contributed by atoms with Gasteiger partial charge in [0.25, 0.3) is 0 Å². The third-order valence-electron chi connectivity index (χ3n) is 5.31. The standard InChI is InChI=1S/C26H20ClF3/c1-2-3-4-16-5-6-18-12-19(8-7-17(18)11-16)21-14-24(29)26(25(30)15-21)20-9-10-22(27)23(28)13-20/h5-15H,2-4H2,1H3. The molecule has 0 bridgehead atoms. The lowest BCUT2D eigenvalue weighted by atomic mass is 9.96. The van der Waals surface area contributed by atoms with E-state index in [2.05, 4.69) is 19.1 Å². The van der Waals surface area contributed by atoms with E-state index < -0.39 is 17.5 Å². The second kappa shape index (κ2) is 8.53. The maximum Gasteiger partial charge on any atom is 0.142 e. The number of fused-ring (bicyclic) bond motifs is 1. The van der Waals surface area contributed by atoms with Crippen LogP contribution in [0, 0.1) is 17.5 Å². The maximum atomic E-state index is 14.8. The Kier molecular flexibility index (Phi) is 5.83. The highest BCUT2D eigenvalue weighted by Crippen LogP contribution is 2.33. The first-order valence-corrected chi connectivity index (χ1v) is 10.3. The zero-order valence-corrected chi connectivity index (χ0v) is 17.2. The highest BCUT2D eigenvalue weighted by Gasteiger charge is 2.16. The lowest BCUT2D eigenvalue weighted by Crippen LogP contribution is -1.93. The second-order valence-electron chi connectivity index (χ2n) is 7.44. The van der Waals surface area contributed by atoms with Crippen LogP contribution in [0.5, 0.6) is 0 Å². The van der Waals surface area contributed by atoms with Crippen LogP contribution >= 0.6 is 11.6 Å². The van der Waals surface area contributed by atoms with E-state index in [0.717, 1.165) is 41.7 Å². The Balaban J connectivity index is 1.71. The van der Waals surface area contributed by atoms with Crippen LogP contribution < -0.4 is 0 Å². The predicted octanol–water partition coefficient (Wildman–Crippen LogP) is 8.59. The Morgan fingerprint density at radius 1 is 0.667 bits per heavy atom. The summed E-state index contributed by atoms with van der Waals surface area (Å²) in [6, 6.07) is 18.3. The predicted molar refractivity (Wildman–Crippen MR) is 118 cm³/mol. The molecule has 0 fully saturated rings. The molecule has 0 aromatic heterocycles. The summed E-state index contributed by atoms with van der Waals surface area (Å²) in [5, 5.41) is 2.02. The number of halogens is 4. The minimum absolute atomic E-state index is 0.0924. The Hall–Kier alpha value is -2.78. The van der Waals surface area contributed by atoms with Crippen molar-refractivity contribution in [3.05, 3.63) is 94.8 Å². The van der Waals surface area contributed by atoms with Crippen molar-refractivity contribution in [2.75, 3.05) is 0 Å². The van der Waals surface area contributed by atoms with Crippen molar-refractivity contribution in [1.82, 2.24) is 0 Å². The first-order chi connectivity index (χ1) is 14.5. The van der Waals surface area contributed by atoms with Gasteiger partial charge in [-0.15, -0.1) is 0 Å². The van der Waals surface area contributed by atoms with Crippen molar-refractivity contribution >= 4 is 22.4 Å². The topological polar surface area (TPSA) is 0 Å². The van der Waals surface area contributed by atoms with Gasteiger partial charge in [0.05, 0.1) is 10.6 Å². The zero-order chi connectivity index (χ0) is 21.3. The summed E-state index contributed by atoms with van der Waals surface area (Å²) in [4.78, 5) is 0. The summed E-state index contributed by atoms with van der Waals surface area (Å²) >= 11 is 5.67. The van der Waals surface area contributed by atoms with Gasteiger partial charge >= 0.3 is 0 Å². The minimum atomic E-state index is -0.748. The molecule has 0 nitrogen and oxygen atoms in total. The van der Waals surface area contributed by atoms with E-state index in [1.165, 1.54) is 29.8 Å². The molecule has 0 amide bonds. The van der Waals surface area contributed by atoms with Gasteiger partial charge in [-0.1, -0.05) is 61.3 Å². The maximum absolute atomic E-state index is 14.8. The fourth-order valence-electron chi connectivity index (χ4n) is 3.68. The van der Waals surface area contributed by atoms with Crippen LogP contribution in [0.15, 0.2) is 66.7 Å². The van der Waals surface area contributed by atoms with E-state index in [9.17, 15) is 13.2 Å². The summed E-state index contributed by atoms with van der Waals surface area (Å²) in [7, 11) is 0. The molecule has 0 saturated carbocycles. The summed E-state index contributed by atoms with van der Waals surface area (Å²) in [5.74, 6) is -2.21. The summed E-state index contributed by atoms with van der Waals surface area (Å²) in [5.41, 5.74) is 2.27. The molecular formula is C26H20ClF3. The van der Waals surface area contributed by atoms with Crippen molar-refractivity contribution in [2.45, 2.75) is 26.2 Å². The highest BCUT2D eigenvalue weighted by molar-refractivity contribution is 6.30. The molecule has 0 saturated heterocycles. The van der Waals surface area contributed by atoms with Crippen LogP contribution in [0.25, 0.3) is 33.0 Å². The molecule has 30 heavy (non-hydrogen) atoms. The number of unbranched alkanes of at least 4 members (excludes halogenated alkanes) is 1. The van der Waals surface area contributed by atoms with Gasteiger partial charge in [-0.3, -0.25) is 0 Å². The van der Waals surface area contributed by atoms with Gasteiger partial charge in [-0.2, -0.15) is 0 Å². The number of hydrogen-bond acceptors (Lipinski definition) is 0. The van der Waals surface area contributed by atoms with Crippen LogP contribution in [0.1, 0.15) is 25.3 Å². The molecule has 0 heterocycles. The van der Waals surface area contributed by atoms with E-state index in [-0.39, 0.29) is 16.1 Å². The largest absolute Gasteiger partial charge is 0.206 e. The quantitative estimate of drug-likeness (QED) is 0.301. The van der Waals surface area contributed by atoms with Crippen molar-refractivity contribution in [3.63, 3.8) is 0 Å². The van der Waals surface area contributed by atoms with Crippen LogP contribution in [-0.2, 0) is 6.42 Å². The van der Waals surface area contributed by atoms with E-state index in [1.807, 2.05) is 24.3 Å². The van der Waals surface area contributed by atoms with Gasteiger partial charge in [-0.05, 0) is 76.2 Å². The highest BCUT2D eigenvalue weighted by atomic mass is 35.5. The van der Waals surface area contributed by atoms with Crippen LogP contribution in [-0.4, -0.2) is 0 Å². The van der Waals surface area contributed by atoms with Crippen molar-refractivity contribution in [3.8, 4) is 22.3 Å². The zero-order valence-electron chi connectivity index (χ0n) is 16.5. The third kappa shape index (κ3) is 4.08. The molecule has 0 N–H and O–H groups in total. The Labute approximate surface area is 178 Å². The molecule has 0 radical (unpaired) electrons. The van der Waals surface area contributed by atoms with Crippen LogP contribution in [0.2, 0.25) is 5.02 Å². The number of benzene rings is 4. The third-order valence-corrected chi connectivity index (χ3v) is 5.61. The van der Waals surface area contributed by atoms with Gasteiger partial charge in [0, 0.05) is 0 Å². The number of aryl methyl sites for hydroxylation is 1. The fourth-order valence-corrected chi connectivity index (χ4v) is 3.80. The van der Waals surface area contributed by atoms with Gasteiger partial charge in [0.15, 0.2) is 0 Å². The lowest BCUT2D eigenvalue weighted by Gasteiger charge is -2.11. The van der Waals surface area contributed by atoms with Gasteiger partial charge in [0.2, 0.25) is 0 Å². The molecular weight excluding hydrogens is 405 g/mol. The average Bonchev–Trinajstić information content (AvgIpc) is 2.73. The molecule has 4 aromatic carbocycles. The second-order valence-corrected chi connectivity index (χ2v) is 7.85. The van der Waals surface area contributed by atoms with Gasteiger partial charge in [0.1, 0.15) is 17.5 Å². The number of hydrogen-bond donors (Lipinski definition) is 0. The van der Waals surface area contributed by atoms with Crippen LogP contribution in [0.3, 0.4) is 0 Å². The molecule has 0 atom stereocenters. The number of rotatable bonds is 5. The van der Waals surface area contributed by atoms with E-state index in [1.54, 1.807) is 0 Å². The van der Waals surface area contributed by atoms with E-state index in [4.69, 9.17) is 11.6 Å². The monoisotopic (exact) mass is 424 g/mol. The summed E-state index contributed by atoms with van der Waals surface area (Å²) in [6.07, 6.45) is 3.33. The van der Waals surface area contributed by atoms with E-state index in [0.29, 0.717) is 5.56 Å². The van der Waals surface area contributed by atoms with Crippen molar-refractivity contribution in [2.24, 2.45) is 0 Å². The Bertz CT molecular complexity index is 1210. The first-order valence-electron chi connectivity index (χ1n) is 9.94. The smallest absolute Gasteiger partial charge is 0.142 e. The summed E-state index contributed by atoms with van der Waals surface area (Å²) in [6.45, 7) is 2.17. The molecule has 152 valence electrons. The van der Waals surface area contributed by atoms with Gasteiger partial charge < -0.3 is 0 Å². The molecule has 0 spiro atoms. The first kappa shape index (κ1) is 20.5. The van der Waals surface area contributed by atoms with E-state index >= 15 is 0 Å². The molecule has 0 aliphatic heterocycles. The fraction of sp³-hybridized carbons (Fsp3) is 0.154. The molecule has 4 heteroatoms. The van der Waals surface area contributed by atoms with Crippen LogP contribution in [0.4, 0.5) is 13.2 Å². The Morgan fingerprint density at radius 2 is 1.30 bits per heavy atom. The van der Waals surface area contributed by atoms with Crippen molar-refractivity contribution in [1.29, 1.82) is 0 Å². The van der Waals surface area contributed by atoms with Crippen molar-refractivity contribution < 1.29 is 13.2 Å². The molecule has 0 aliphatic carbocycles. The van der Waals surface area contributed by atoms with Gasteiger partial charge in [-0.25, -0.2) is 13.2 Å². The molecule has 4 aromatic rings. The molecule has 4 rings (SSSR count).